The van der Waals surface area contributed by atoms with Crippen molar-refractivity contribution in [3.05, 3.63) is 64.9 Å². The zero-order valence-electron chi connectivity index (χ0n) is 19.8. The van der Waals surface area contributed by atoms with E-state index in [9.17, 15) is 14.0 Å². The fourth-order valence-corrected chi connectivity index (χ4v) is 6.27. The number of rotatable bonds is 4. The summed E-state index contributed by atoms with van der Waals surface area (Å²) in [4.78, 5) is 34.7. The fraction of sp³-hybridized carbons (Fsp3) is 0.346. The Balaban J connectivity index is 1.70. The summed E-state index contributed by atoms with van der Waals surface area (Å²) in [6.45, 7) is 8.25. The Morgan fingerprint density at radius 2 is 1.94 bits per heavy atom. The van der Waals surface area contributed by atoms with Crippen molar-refractivity contribution in [1.82, 2.24) is 14.5 Å². The molecule has 1 amide bonds. The van der Waals surface area contributed by atoms with E-state index in [1.165, 1.54) is 18.2 Å². The van der Waals surface area contributed by atoms with Crippen LogP contribution in [-0.2, 0) is 16.1 Å². The van der Waals surface area contributed by atoms with Crippen LogP contribution in [0.2, 0.25) is 0 Å². The van der Waals surface area contributed by atoms with Gasteiger partial charge in [0, 0.05) is 54.9 Å². The van der Waals surface area contributed by atoms with Gasteiger partial charge in [0.05, 0.1) is 18.2 Å². The topological polar surface area (TPSA) is 67.7 Å². The van der Waals surface area contributed by atoms with Gasteiger partial charge in [-0.1, -0.05) is 18.7 Å². The number of hydrogen-bond acceptors (Lipinski definition) is 6. The van der Waals surface area contributed by atoms with Crippen molar-refractivity contribution in [3.63, 3.8) is 0 Å². The fourth-order valence-electron chi connectivity index (χ4n) is 4.89. The van der Waals surface area contributed by atoms with E-state index in [0.717, 1.165) is 32.5 Å². The van der Waals surface area contributed by atoms with Gasteiger partial charge in [0.2, 0.25) is 5.91 Å². The molecule has 0 bridgehead atoms. The van der Waals surface area contributed by atoms with Crippen LogP contribution >= 0.6 is 11.8 Å². The number of nitrogens with zero attached hydrogens (tertiary/aromatic N) is 4. The average molecular weight is 495 g/mol. The highest BCUT2D eigenvalue weighted by Crippen LogP contribution is 2.43. The standard InChI is InChI=1S/C26H27FN4O3S/c1-4-21(32)29-9-11-30(12-10-29)25-20-13-16(2)22(17-5-7-18(27)8-6-17)24-23(20)31(26(33)28-25)14-19(34-3)15-35-24/h4-8,13,19H,1,9-12,14-15H2,2-3H3. The molecule has 2 aromatic carbocycles. The molecule has 0 radical (unpaired) electrons. The summed E-state index contributed by atoms with van der Waals surface area (Å²) in [6, 6.07) is 8.55. The minimum Gasteiger partial charge on any atom is -0.379 e. The average Bonchev–Trinajstić information content (AvgIpc) is 3.07. The monoisotopic (exact) mass is 494 g/mol. The summed E-state index contributed by atoms with van der Waals surface area (Å²) in [5.41, 5.74) is 3.43. The van der Waals surface area contributed by atoms with Crippen LogP contribution in [0.25, 0.3) is 22.0 Å². The Hall–Kier alpha value is -3.17. The molecule has 2 aliphatic rings. The number of thioether (sulfide) groups is 1. The molecule has 0 spiro atoms. The minimum absolute atomic E-state index is 0.0900. The molecule has 1 unspecified atom stereocenters. The normalized spacial score (nSPS) is 18.0. The first-order chi connectivity index (χ1) is 16.9. The van der Waals surface area contributed by atoms with Gasteiger partial charge in [0.15, 0.2) is 0 Å². The molecule has 0 aliphatic carbocycles. The number of aryl methyl sites for hydroxylation is 1. The zero-order chi connectivity index (χ0) is 24.7. The largest absolute Gasteiger partial charge is 0.379 e. The maximum Gasteiger partial charge on any atom is 0.350 e. The first-order valence-electron chi connectivity index (χ1n) is 11.6. The molecular weight excluding hydrogens is 467 g/mol. The maximum absolute atomic E-state index is 13.7. The summed E-state index contributed by atoms with van der Waals surface area (Å²) in [5, 5.41) is 0.899. The lowest BCUT2D eigenvalue weighted by atomic mass is 9.97. The van der Waals surface area contributed by atoms with Gasteiger partial charge in [-0.05, 0) is 42.3 Å². The van der Waals surface area contributed by atoms with Gasteiger partial charge in [-0.25, -0.2) is 9.18 Å². The Kier molecular flexibility index (Phi) is 6.37. The van der Waals surface area contributed by atoms with Gasteiger partial charge in [-0.2, -0.15) is 4.98 Å². The van der Waals surface area contributed by atoms with Crippen molar-refractivity contribution in [2.45, 2.75) is 24.5 Å². The second-order valence-electron chi connectivity index (χ2n) is 8.81. The van der Waals surface area contributed by atoms with Crippen LogP contribution in [-0.4, -0.2) is 65.5 Å². The van der Waals surface area contributed by atoms with Crippen LogP contribution in [0, 0.1) is 12.7 Å². The van der Waals surface area contributed by atoms with E-state index in [1.54, 1.807) is 40.5 Å². The Morgan fingerprint density at radius 3 is 2.60 bits per heavy atom. The molecule has 182 valence electrons. The van der Waals surface area contributed by atoms with Crippen LogP contribution in [0.4, 0.5) is 10.2 Å². The highest BCUT2D eigenvalue weighted by atomic mass is 32.2. The SMILES string of the molecule is C=CC(=O)N1CCN(c2nc(=O)n3c4c(c(-c5ccc(F)cc5)c(C)cc24)SCC(OC)C3)CC1. The molecule has 0 N–H and O–H groups in total. The summed E-state index contributed by atoms with van der Waals surface area (Å²) in [7, 11) is 1.65. The lowest BCUT2D eigenvalue weighted by Crippen LogP contribution is -2.49. The predicted molar refractivity (Wildman–Crippen MR) is 137 cm³/mol. The third-order valence-corrected chi connectivity index (χ3v) is 7.95. The smallest absolute Gasteiger partial charge is 0.350 e. The quantitative estimate of drug-likeness (QED) is 0.518. The van der Waals surface area contributed by atoms with Crippen LogP contribution in [0.15, 0.2) is 52.7 Å². The van der Waals surface area contributed by atoms with Crippen molar-refractivity contribution in [1.29, 1.82) is 0 Å². The number of amides is 1. The summed E-state index contributed by atoms with van der Waals surface area (Å²) < 4.78 is 21.0. The highest BCUT2D eigenvalue weighted by Gasteiger charge is 2.29. The first kappa shape index (κ1) is 23.6. The molecule has 1 aromatic heterocycles. The summed E-state index contributed by atoms with van der Waals surface area (Å²) >= 11 is 1.66. The summed E-state index contributed by atoms with van der Waals surface area (Å²) in [6.07, 6.45) is 1.19. The van der Waals surface area contributed by atoms with Crippen molar-refractivity contribution in [2.24, 2.45) is 0 Å². The molecule has 2 aliphatic heterocycles. The van der Waals surface area contributed by atoms with E-state index in [4.69, 9.17) is 4.74 Å². The molecule has 3 aromatic rings. The van der Waals surface area contributed by atoms with E-state index in [0.29, 0.717) is 44.3 Å². The van der Waals surface area contributed by atoms with Crippen molar-refractivity contribution in [2.75, 3.05) is 43.9 Å². The molecule has 1 fully saturated rings. The number of carbonyl (C=O) groups excluding carboxylic acids is 1. The molecule has 3 heterocycles. The third kappa shape index (κ3) is 4.23. The van der Waals surface area contributed by atoms with E-state index >= 15 is 0 Å². The Bertz CT molecular complexity index is 1360. The second-order valence-corrected chi connectivity index (χ2v) is 9.84. The molecule has 9 heteroatoms. The highest BCUT2D eigenvalue weighted by molar-refractivity contribution is 7.99. The number of carbonyl (C=O) groups is 1. The minimum atomic E-state index is -0.322. The van der Waals surface area contributed by atoms with Gasteiger partial charge >= 0.3 is 5.69 Å². The summed E-state index contributed by atoms with van der Waals surface area (Å²) in [5.74, 6) is 0.941. The molecule has 5 rings (SSSR count). The molecule has 7 nitrogen and oxygen atoms in total. The van der Waals surface area contributed by atoms with Crippen molar-refractivity contribution in [3.8, 4) is 11.1 Å². The van der Waals surface area contributed by atoms with Gasteiger partial charge in [0.1, 0.15) is 11.6 Å². The first-order valence-corrected chi connectivity index (χ1v) is 12.6. The number of aromatic nitrogens is 2. The molecule has 1 atom stereocenters. The Labute approximate surface area is 207 Å². The predicted octanol–water partition coefficient (Wildman–Crippen LogP) is 3.47. The van der Waals surface area contributed by atoms with Crippen molar-refractivity contribution < 1.29 is 13.9 Å². The van der Waals surface area contributed by atoms with E-state index < -0.39 is 0 Å². The van der Waals surface area contributed by atoms with Gasteiger partial charge in [-0.15, -0.1) is 11.8 Å². The maximum atomic E-state index is 13.7. The molecule has 0 saturated carbocycles. The number of ether oxygens (including phenoxy) is 1. The van der Waals surface area contributed by atoms with Crippen LogP contribution < -0.4 is 10.6 Å². The van der Waals surface area contributed by atoms with Crippen molar-refractivity contribution >= 4 is 34.4 Å². The second kappa shape index (κ2) is 9.47. The molecule has 35 heavy (non-hydrogen) atoms. The van der Waals surface area contributed by atoms with Crippen LogP contribution in [0.5, 0.6) is 0 Å². The number of anilines is 1. The number of halogens is 1. The van der Waals surface area contributed by atoms with E-state index in [1.807, 2.05) is 6.92 Å². The van der Waals surface area contributed by atoms with Gasteiger partial charge in [-0.3, -0.25) is 9.36 Å². The van der Waals surface area contributed by atoms with Gasteiger partial charge in [0.25, 0.3) is 0 Å². The third-order valence-electron chi connectivity index (χ3n) is 6.73. The Morgan fingerprint density at radius 1 is 1.23 bits per heavy atom. The van der Waals surface area contributed by atoms with Crippen LogP contribution in [0.3, 0.4) is 0 Å². The number of methoxy groups -OCH3 is 1. The molecule has 1 saturated heterocycles. The number of benzene rings is 2. The van der Waals surface area contributed by atoms with Gasteiger partial charge < -0.3 is 14.5 Å². The zero-order valence-corrected chi connectivity index (χ0v) is 20.6. The van der Waals surface area contributed by atoms with Crippen LogP contribution in [0.1, 0.15) is 5.56 Å². The van der Waals surface area contributed by atoms with E-state index in [2.05, 4.69) is 22.5 Å². The van der Waals surface area contributed by atoms with E-state index in [-0.39, 0.29) is 23.5 Å². The number of piperazine rings is 1. The lowest BCUT2D eigenvalue weighted by molar-refractivity contribution is -0.126. The number of hydrogen-bond donors (Lipinski definition) is 0. The lowest BCUT2D eigenvalue weighted by Gasteiger charge is -2.35. The molecular formula is C26H27FN4O3S.